The highest BCUT2D eigenvalue weighted by Crippen LogP contribution is 2.22. The van der Waals surface area contributed by atoms with Crippen molar-refractivity contribution >= 4 is 23.7 Å². The highest BCUT2D eigenvalue weighted by molar-refractivity contribution is 7.99. The van der Waals surface area contributed by atoms with Crippen molar-refractivity contribution in [3.05, 3.63) is 47.6 Å². The Morgan fingerprint density at radius 1 is 1.23 bits per heavy atom. The minimum atomic E-state index is -0.219. The van der Waals surface area contributed by atoms with Crippen LogP contribution in [0.5, 0.6) is 0 Å². The van der Waals surface area contributed by atoms with Gasteiger partial charge in [-0.05, 0) is 37.1 Å². The number of hydrogen-bond acceptors (Lipinski definition) is 6. The summed E-state index contributed by atoms with van der Waals surface area (Å²) in [6.45, 7) is 8.01. The van der Waals surface area contributed by atoms with E-state index in [1.54, 1.807) is 6.20 Å². The Hall–Kier alpha value is -2.61. The highest BCUT2D eigenvalue weighted by Gasteiger charge is 2.14. The Morgan fingerprint density at radius 3 is 2.62 bits per heavy atom. The van der Waals surface area contributed by atoms with E-state index >= 15 is 0 Å². The maximum absolute atomic E-state index is 12.1. The van der Waals surface area contributed by atoms with E-state index in [9.17, 15) is 4.79 Å². The second kappa shape index (κ2) is 7.74. The van der Waals surface area contributed by atoms with Gasteiger partial charge in [0.05, 0.1) is 5.75 Å². The lowest BCUT2D eigenvalue weighted by molar-refractivity contribution is -0.113. The molecule has 1 amide bonds. The average molecular weight is 371 g/mol. The van der Waals surface area contributed by atoms with Gasteiger partial charge in [0.15, 0.2) is 5.16 Å². The molecule has 0 atom stereocenters. The van der Waals surface area contributed by atoms with Crippen LogP contribution in [-0.4, -0.2) is 31.4 Å². The van der Waals surface area contributed by atoms with E-state index < -0.39 is 0 Å². The zero-order chi connectivity index (χ0) is 18.7. The molecule has 2 aromatic heterocycles. The molecule has 1 aromatic carbocycles. The Bertz CT molecular complexity index is 896. The topological polar surface area (TPSA) is 85.8 Å². The molecule has 2 heterocycles. The summed E-state index contributed by atoms with van der Waals surface area (Å²) < 4.78 is 7.36. The number of anilines is 1. The maximum atomic E-state index is 12.1. The Balaban J connectivity index is 1.65. The van der Waals surface area contributed by atoms with Gasteiger partial charge in [0.1, 0.15) is 0 Å². The number of carbonyl (C=O) groups excluding carboxylic acids is 1. The van der Waals surface area contributed by atoms with Gasteiger partial charge >= 0.3 is 6.01 Å². The van der Waals surface area contributed by atoms with Crippen molar-refractivity contribution in [3.63, 3.8) is 0 Å². The van der Waals surface area contributed by atoms with Crippen molar-refractivity contribution in [2.24, 2.45) is 0 Å². The number of aromatic nitrogens is 4. The molecule has 0 bridgehead atoms. The molecule has 3 aromatic rings. The van der Waals surface area contributed by atoms with Gasteiger partial charge in [-0.3, -0.25) is 14.7 Å². The van der Waals surface area contributed by atoms with E-state index in [2.05, 4.69) is 52.5 Å². The third kappa shape index (κ3) is 4.32. The summed E-state index contributed by atoms with van der Waals surface area (Å²) in [5.41, 5.74) is 3.39. The van der Waals surface area contributed by atoms with Gasteiger partial charge in [-0.1, -0.05) is 36.8 Å². The zero-order valence-corrected chi connectivity index (χ0v) is 16.0. The average Bonchev–Trinajstić information content (AvgIpc) is 3.21. The lowest BCUT2D eigenvalue weighted by Crippen LogP contribution is -2.14. The van der Waals surface area contributed by atoms with E-state index in [0.717, 1.165) is 10.8 Å². The van der Waals surface area contributed by atoms with Crippen LogP contribution >= 0.6 is 11.8 Å². The van der Waals surface area contributed by atoms with E-state index in [1.165, 1.54) is 22.9 Å². The highest BCUT2D eigenvalue weighted by atomic mass is 32.2. The molecular weight excluding hydrogens is 350 g/mol. The number of rotatable bonds is 6. The fourth-order valence-electron chi connectivity index (χ4n) is 2.49. The molecule has 0 spiro atoms. The van der Waals surface area contributed by atoms with Crippen LogP contribution < -0.4 is 5.32 Å². The second-order valence-electron chi connectivity index (χ2n) is 6.36. The fourth-order valence-corrected chi connectivity index (χ4v) is 3.26. The normalized spacial score (nSPS) is 11.1. The minimum Gasteiger partial charge on any atom is -0.408 e. The number of hydrogen-bond donors (Lipinski definition) is 1. The summed E-state index contributed by atoms with van der Waals surface area (Å²) in [7, 11) is 0. The van der Waals surface area contributed by atoms with E-state index in [-0.39, 0.29) is 23.6 Å². The first-order chi connectivity index (χ1) is 12.4. The molecule has 7 nitrogen and oxygen atoms in total. The molecule has 0 aliphatic carbocycles. The Kier molecular flexibility index (Phi) is 5.41. The van der Waals surface area contributed by atoms with E-state index in [4.69, 9.17) is 4.42 Å². The first-order valence-electron chi connectivity index (χ1n) is 8.30. The van der Waals surface area contributed by atoms with Crippen LogP contribution in [0.25, 0.3) is 5.69 Å². The van der Waals surface area contributed by atoms with E-state index in [1.807, 2.05) is 24.6 Å². The molecule has 136 valence electrons. The summed E-state index contributed by atoms with van der Waals surface area (Å²) in [4.78, 5) is 16.5. The van der Waals surface area contributed by atoms with E-state index in [0.29, 0.717) is 5.89 Å². The van der Waals surface area contributed by atoms with Crippen molar-refractivity contribution < 1.29 is 9.21 Å². The molecule has 0 aliphatic heterocycles. The van der Waals surface area contributed by atoms with Crippen LogP contribution in [0, 0.1) is 13.8 Å². The van der Waals surface area contributed by atoms with Crippen LogP contribution in [-0.2, 0) is 4.79 Å². The third-order valence-corrected chi connectivity index (χ3v) is 4.57. The van der Waals surface area contributed by atoms with Gasteiger partial charge in [0.2, 0.25) is 11.8 Å². The molecule has 0 saturated heterocycles. The van der Waals surface area contributed by atoms with Gasteiger partial charge in [0, 0.05) is 24.0 Å². The quantitative estimate of drug-likeness (QED) is 0.665. The summed E-state index contributed by atoms with van der Waals surface area (Å²) in [6.07, 6.45) is 3.62. The summed E-state index contributed by atoms with van der Waals surface area (Å²) in [5, 5.41) is 11.1. The van der Waals surface area contributed by atoms with Crippen molar-refractivity contribution in [3.8, 4) is 5.69 Å². The van der Waals surface area contributed by atoms with Crippen LogP contribution in [0.2, 0.25) is 0 Å². The number of aryl methyl sites for hydroxylation is 2. The third-order valence-electron chi connectivity index (χ3n) is 3.60. The summed E-state index contributed by atoms with van der Waals surface area (Å²) >= 11 is 1.35. The van der Waals surface area contributed by atoms with Gasteiger partial charge in [-0.25, -0.2) is 4.98 Å². The van der Waals surface area contributed by atoms with Crippen LogP contribution in [0.15, 0.2) is 40.2 Å². The van der Waals surface area contributed by atoms with Crippen molar-refractivity contribution in [2.45, 2.75) is 38.8 Å². The fraction of sp³-hybridized carbons (Fsp3) is 0.333. The molecule has 0 fully saturated rings. The standard InChI is InChI=1S/C18H21N5O2S/c1-11(2)16-21-22-17(25-16)20-15(24)10-26-18-19-5-6-23(18)14-8-12(3)7-13(4)9-14/h5-9,11H,10H2,1-4H3,(H,20,22,24). The number of thioether (sulfide) groups is 1. The maximum Gasteiger partial charge on any atom is 0.322 e. The van der Waals surface area contributed by atoms with Crippen molar-refractivity contribution in [2.75, 3.05) is 11.1 Å². The summed E-state index contributed by atoms with van der Waals surface area (Å²) in [5.74, 6) is 0.594. The Morgan fingerprint density at radius 2 is 1.96 bits per heavy atom. The zero-order valence-electron chi connectivity index (χ0n) is 15.2. The Labute approximate surface area is 156 Å². The lowest BCUT2D eigenvalue weighted by atomic mass is 10.1. The monoisotopic (exact) mass is 371 g/mol. The van der Waals surface area contributed by atoms with Crippen LogP contribution in [0.1, 0.15) is 36.8 Å². The largest absolute Gasteiger partial charge is 0.408 e. The first kappa shape index (κ1) is 18.2. The molecule has 1 N–H and O–H groups in total. The molecular formula is C18H21N5O2S. The molecule has 8 heteroatoms. The lowest BCUT2D eigenvalue weighted by Gasteiger charge is -2.09. The minimum absolute atomic E-state index is 0.118. The molecule has 26 heavy (non-hydrogen) atoms. The SMILES string of the molecule is Cc1cc(C)cc(-n2ccnc2SCC(=O)Nc2nnc(C(C)C)o2)c1. The first-order valence-corrected chi connectivity index (χ1v) is 9.29. The number of imidazole rings is 1. The molecule has 0 aliphatic rings. The number of nitrogens with one attached hydrogen (secondary N) is 1. The van der Waals surface area contributed by atoms with Gasteiger partial charge in [-0.2, -0.15) is 0 Å². The van der Waals surface area contributed by atoms with Gasteiger partial charge in [-0.15, -0.1) is 5.10 Å². The number of carbonyl (C=O) groups is 1. The second-order valence-corrected chi connectivity index (χ2v) is 7.31. The predicted molar refractivity (Wildman–Crippen MR) is 101 cm³/mol. The molecule has 3 rings (SSSR count). The number of nitrogens with zero attached hydrogens (tertiary/aromatic N) is 4. The van der Waals surface area contributed by atoms with Crippen LogP contribution in [0.3, 0.4) is 0 Å². The number of benzene rings is 1. The smallest absolute Gasteiger partial charge is 0.322 e. The molecule has 0 saturated carbocycles. The van der Waals surface area contributed by atoms with Gasteiger partial charge in [0.25, 0.3) is 0 Å². The predicted octanol–water partition coefficient (Wildman–Crippen LogP) is 3.73. The summed E-state index contributed by atoms with van der Waals surface area (Å²) in [6, 6.07) is 6.42. The number of amides is 1. The molecule has 0 radical (unpaired) electrons. The van der Waals surface area contributed by atoms with Crippen molar-refractivity contribution in [1.29, 1.82) is 0 Å². The van der Waals surface area contributed by atoms with Crippen LogP contribution in [0.4, 0.5) is 6.01 Å². The van der Waals surface area contributed by atoms with Crippen molar-refractivity contribution in [1.82, 2.24) is 19.7 Å². The van der Waals surface area contributed by atoms with Gasteiger partial charge < -0.3 is 4.42 Å². The molecule has 0 unspecified atom stereocenters.